The summed E-state index contributed by atoms with van der Waals surface area (Å²) in [6, 6.07) is 0. The van der Waals surface area contributed by atoms with Gasteiger partial charge in [-0.3, -0.25) is 4.79 Å². The molecule has 0 amide bonds. The monoisotopic (exact) mass is 352 g/mol. The SMILES string of the molecule is C[C@H]1CC[C@H]2[C@@](C)(CO)[C@H](O)CC[C@]2(C)[C@]12C[C@@]1(COC(=O)C1)CO2. The van der Waals surface area contributed by atoms with E-state index < -0.39 is 11.5 Å². The lowest BCUT2D eigenvalue weighted by Gasteiger charge is -2.64. The van der Waals surface area contributed by atoms with Crippen LogP contribution >= 0.6 is 0 Å². The van der Waals surface area contributed by atoms with Crippen LogP contribution in [0.3, 0.4) is 0 Å². The summed E-state index contributed by atoms with van der Waals surface area (Å²) in [7, 11) is 0. The Bertz CT molecular complexity index is 578. The van der Waals surface area contributed by atoms with Gasteiger partial charge in [-0.1, -0.05) is 20.8 Å². The molecular weight excluding hydrogens is 320 g/mol. The van der Waals surface area contributed by atoms with Crippen LogP contribution < -0.4 is 0 Å². The summed E-state index contributed by atoms with van der Waals surface area (Å²) in [6.07, 6.45) is 4.51. The summed E-state index contributed by atoms with van der Waals surface area (Å²) in [6.45, 7) is 7.69. The molecule has 5 nitrogen and oxygen atoms in total. The van der Waals surface area contributed by atoms with Crippen molar-refractivity contribution in [1.82, 2.24) is 0 Å². The van der Waals surface area contributed by atoms with Crippen molar-refractivity contribution in [3.8, 4) is 0 Å². The molecule has 0 aromatic rings. The molecule has 0 radical (unpaired) electrons. The zero-order valence-corrected chi connectivity index (χ0v) is 15.7. The second kappa shape index (κ2) is 5.43. The molecule has 2 N–H and O–H groups in total. The normalized spacial score (nSPS) is 55.6. The van der Waals surface area contributed by atoms with Gasteiger partial charge in [-0.2, -0.15) is 0 Å². The van der Waals surface area contributed by atoms with Crippen molar-refractivity contribution in [3.05, 3.63) is 0 Å². The van der Waals surface area contributed by atoms with Crippen molar-refractivity contribution in [2.45, 2.75) is 71.0 Å². The van der Waals surface area contributed by atoms with Gasteiger partial charge in [0.1, 0.15) is 0 Å². The highest BCUT2D eigenvalue weighted by atomic mass is 16.6. The Kier molecular flexibility index (Phi) is 3.85. The number of rotatable bonds is 1. The van der Waals surface area contributed by atoms with Crippen LogP contribution in [0.5, 0.6) is 0 Å². The van der Waals surface area contributed by atoms with Gasteiger partial charge in [-0.15, -0.1) is 0 Å². The lowest BCUT2D eigenvalue weighted by molar-refractivity contribution is -0.242. The molecule has 142 valence electrons. The van der Waals surface area contributed by atoms with Crippen molar-refractivity contribution >= 4 is 5.97 Å². The number of hydrogen-bond donors (Lipinski definition) is 2. The zero-order valence-electron chi connectivity index (χ0n) is 15.7. The largest absolute Gasteiger partial charge is 0.465 e. The maximum atomic E-state index is 11.8. The van der Waals surface area contributed by atoms with E-state index in [1.54, 1.807) is 0 Å². The van der Waals surface area contributed by atoms with Crippen LogP contribution in [0.25, 0.3) is 0 Å². The van der Waals surface area contributed by atoms with Gasteiger partial charge >= 0.3 is 5.97 Å². The summed E-state index contributed by atoms with van der Waals surface area (Å²) >= 11 is 0. The maximum Gasteiger partial charge on any atom is 0.306 e. The van der Waals surface area contributed by atoms with Crippen LogP contribution in [-0.4, -0.2) is 47.7 Å². The number of aliphatic hydroxyl groups excluding tert-OH is 2. The third kappa shape index (κ3) is 2.15. The molecule has 4 rings (SSSR count). The number of aliphatic hydroxyl groups is 2. The Morgan fingerprint density at radius 1 is 1.20 bits per heavy atom. The van der Waals surface area contributed by atoms with Crippen molar-refractivity contribution in [2.75, 3.05) is 19.8 Å². The van der Waals surface area contributed by atoms with Crippen molar-refractivity contribution in [2.24, 2.45) is 28.1 Å². The van der Waals surface area contributed by atoms with Gasteiger partial charge in [0, 0.05) is 16.2 Å². The topological polar surface area (TPSA) is 76.0 Å². The second-order valence-electron chi connectivity index (χ2n) is 9.86. The van der Waals surface area contributed by atoms with Gasteiger partial charge in [-0.25, -0.2) is 0 Å². The predicted molar refractivity (Wildman–Crippen MR) is 91.7 cm³/mol. The first kappa shape index (κ1) is 17.7. The summed E-state index contributed by atoms with van der Waals surface area (Å²) < 4.78 is 11.9. The number of ether oxygens (including phenoxy) is 2. The molecule has 4 fully saturated rings. The van der Waals surface area contributed by atoms with Gasteiger partial charge in [0.05, 0.1) is 37.9 Å². The third-order valence-electron chi connectivity index (χ3n) is 8.59. The Morgan fingerprint density at radius 2 is 1.96 bits per heavy atom. The molecule has 2 saturated carbocycles. The number of carbonyl (C=O) groups excluding carboxylic acids is 1. The zero-order chi connectivity index (χ0) is 18.1. The predicted octanol–water partition coefficient (Wildman–Crippen LogP) is 2.28. The quantitative estimate of drug-likeness (QED) is 0.708. The fourth-order valence-electron chi connectivity index (χ4n) is 6.96. The fraction of sp³-hybridized carbons (Fsp3) is 0.950. The minimum absolute atomic E-state index is 0.00558. The van der Waals surface area contributed by atoms with Gasteiger partial charge in [0.15, 0.2) is 0 Å². The molecule has 2 spiro atoms. The van der Waals surface area contributed by atoms with E-state index in [9.17, 15) is 15.0 Å². The number of esters is 1. The first-order valence-electron chi connectivity index (χ1n) is 9.80. The van der Waals surface area contributed by atoms with E-state index in [2.05, 4.69) is 13.8 Å². The Labute approximate surface area is 150 Å². The lowest BCUT2D eigenvalue weighted by Crippen LogP contribution is -2.66. The maximum absolute atomic E-state index is 11.8. The minimum Gasteiger partial charge on any atom is -0.465 e. The van der Waals surface area contributed by atoms with Crippen LogP contribution in [0.4, 0.5) is 0 Å². The summed E-state index contributed by atoms with van der Waals surface area (Å²) in [5.74, 6) is 0.519. The molecule has 2 aliphatic heterocycles. The fourth-order valence-corrected chi connectivity index (χ4v) is 6.96. The molecule has 2 heterocycles. The summed E-state index contributed by atoms with van der Waals surface area (Å²) in [5, 5.41) is 20.8. The van der Waals surface area contributed by atoms with E-state index in [1.807, 2.05) is 6.92 Å². The van der Waals surface area contributed by atoms with Crippen LogP contribution in [0, 0.1) is 28.1 Å². The van der Waals surface area contributed by atoms with Gasteiger partial charge in [-0.05, 0) is 43.9 Å². The highest BCUT2D eigenvalue weighted by Gasteiger charge is 2.69. The van der Waals surface area contributed by atoms with E-state index in [1.165, 1.54) is 0 Å². The molecule has 2 saturated heterocycles. The first-order chi connectivity index (χ1) is 11.7. The molecule has 0 unspecified atom stereocenters. The van der Waals surface area contributed by atoms with Crippen LogP contribution in [0.15, 0.2) is 0 Å². The van der Waals surface area contributed by atoms with E-state index in [0.717, 1.165) is 25.7 Å². The van der Waals surface area contributed by atoms with Crippen molar-refractivity contribution in [1.29, 1.82) is 0 Å². The van der Waals surface area contributed by atoms with Crippen molar-refractivity contribution in [3.63, 3.8) is 0 Å². The van der Waals surface area contributed by atoms with Gasteiger partial charge in [0.25, 0.3) is 0 Å². The van der Waals surface area contributed by atoms with Crippen LogP contribution in [0.1, 0.15) is 59.3 Å². The van der Waals surface area contributed by atoms with Crippen LogP contribution in [0.2, 0.25) is 0 Å². The minimum atomic E-state index is -0.485. The number of hydrogen-bond acceptors (Lipinski definition) is 5. The Morgan fingerprint density at radius 3 is 2.60 bits per heavy atom. The molecule has 7 atom stereocenters. The molecule has 2 aliphatic carbocycles. The summed E-state index contributed by atoms with van der Waals surface area (Å²) in [4.78, 5) is 11.8. The van der Waals surface area contributed by atoms with Crippen molar-refractivity contribution < 1.29 is 24.5 Å². The average molecular weight is 352 g/mol. The smallest absolute Gasteiger partial charge is 0.306 e. The van der Waals surface area contributed by atoms with E-state index in [0.29, 0.717) is 32.0 Å². The summed E-state index contributed by atoms with van der Waals surface area (Å²) in [5.41, 5.74) is -1.06. The van der Waals surface area contributed by atoms with Crippen LogP contribution in [-0.2, 0) is 14.3 Å². The van der Waals surface area contributed by atoms with E-state index in [4.69, 9.17) is 9.47 Å². The standard InChI is InChI=1S/C20H32O5/c1-13-4-5-14-17(2,10-21)15(22)6-7-18(14,3)20(13)9-19(12-25-20)8-16(23)24-11-19/h13-15,21-22H,4-12H2,1-3H3/t13-,14-,15+,17+,18-,19-,20-/m0/s1. The highest BCUT2D eigenvalue weighted by molar-refractivity contribution is 5.72. The molecule has 0 aromatic heterocycles. The number of fused-ring (bicyclic) bond motifs is 2. The molecule has 0 aromatic carbocycles. The second-order valence-corrected chi connectivity index (χ2v) is 9.86. The number of cyclic esters (lactones) is 1. The Balaban J connectivity index is 1.74. The first-order valence-corrected chi connectivity index (χ1v) is 9.80. The third-order valence-corrected chi connectivity index (χ3v) is 8.59. The molecule has 5 heteroatoms. The van der Waals surface area contributed by atoms with Gasteiger partial charge in [0.2, 0.25) is 0 Å². The molecule has 25 heavy (non-hydrogen) atoms. The lowest BCUT2D eigenvalue weighted by atomic mass is 9.43. The van der Waals surface area contributed by atoms with E-state index >= 15 is 0 Å². The average Bonchev–Trinajstić information content (AvgIpc) is 3.14. The molecule has 4 aliphatic rings. The van der Waals surface area contributed by atoms with Gasteiger partial charge < -0.3 is 19.7 Å². The van der Waals surface area contributed by atoms with E-state index in [-0.39, 0.29) is 34.9 Å². The molecular formula is C20H32O5. The number of carbonyl (C=O) groups is 1. The Hall–Kier alpha value is -0.650. The molecule has 0 bridgehead atoms. The highest BCUT2D eigenvalue weighted by Crippen LogP contribution is 2.68.